The van der Waals surface area contributed by atoms with Gasteiger partial charge in [-0.25, -0.2) is 9.59 Å². The van der Waals surface area contributed by atoms with E-state index >= 15 is 0 Å². The molecule has 22 heavy (non-hydrogen) atoms. The molecular weight excluding hydrogens is 306 g/mol. The van der Waals surface area contributed by atoms with Gasteiger partial charge in [-0.2, -0.15) is 0 Å². The number of carboxylic acid groups (broad SMARTS) is 1. The summed E-state index contributed by atoms with van der Waals surface area (Å²) in [6, 6.07) is 2.53. The maximum atomic E-state index is 12.2. The predicted molar refractivity (Wildman–Crippen MR) is 82.4 cm³/mol. The summed E-state index contributed by atoms with van der Waals surface area (Å²) in [4.78, 5) is 23.7. The van der Waals surface area contributed by atoms with E-state index in [1.165, 1.54) is 12.1 Å². The zero-order chi connectivity index (χ0) is 15.9. The molecule has 0 radical (unpaired) electrons. The van der Waals surface area contributed by atoms with E-state index in [0.717, 1.165) is 0 Å². The number of hydrogen-bond donors (Lipinski definition) is 2. The molecule has 3 atom stereocenters. The molecule has 6 heteroatoms. The third kappa shape index (κ3) is 2.25. The van der Waals surface area contributed by atoms with Crippen LogP contribution in [0.15, 0.2) is 24.3 Å². The number of rotatable bonds is 3. The minimum atomic E-state index is -0.997. The number of nitrogens with one attached hydrogen (secondary N) is 1. The molecule has 5 nitrogen and oxygen atoms in total. The van der Waals surface area contributed by atoms with E-state index in [2.05, 4.69) is 5.32 Å². The number of benzene rings is 1. The average Bonchev–Trinajstić information content (AvgIpc) is 2.96. The van der Waals surface area contributed by atoms with Crippen LogP contribution >= 0.6 is 11.6 Å². The maximum absolute atomic E-state index is 12.2. The van der Waals surface area contributed by atoms with E-state index in [1.54, 1.807) is 6.92 Å². The molecule has 0 amide bonds. The lowest BCUT2D eigenvalue weighted by molar-refractivity contribution is -0.145. The van der Waals surface area contributed by atoms with Crippen LogP contribution in [0.4, 0.5) is 5.69 Å². The van der Waals surface area contributed by atoms with Crippen molar-refractivity contribution in [2.75, 3.05) is 11.9 Å². The molecule has 2 N–H and O–H groups in total. The molecule has 0 saturated carbocycles. The molecule has 0 fully saturated rings. The van der Waals surface area contributed by atoms with Crippen LogP contribution in [0, 0.1) is 5.92 Å². The van der Waals surface area contributed by atoms with Gasteiger partial charge in [-0.3, -0.25) is 0 Å². The third-order valence-corrected chi connectivity index (χ3v) is 4.55. The Balaban J connectivity index is 2.11. The van der Waals surface area contributed by atoms with Crippen molar-refractivity contribution in [1.29, 1.82) is 0 Å². The summed E-state index contributed by atoms with van der Waals surface area (Å²) in [6.45, 7) is 2.06. The van der Waals surface area contributed by atoms with Gasteiger partial charge in [0.15, 0.2) is 0 Å². The Morgan fingerprint density at radius 1 is 1.45 bits per heavy atom. The van der Waals surface area contributed by atoms with Crippen LogP contribution in [0.5, 0.6) is 0 Å². The number of esters is 1. The maximum Gasteiger partial charge on any atom is 0.336 e. The van der Waals surface area contributed by atoms with Crippen molar-refractivity contribution in [2.24, 2.45) is 5.92 Å². The Kier molecular flexibility index (Phi) is 3.83. The molecule has 3 rings (SSSR count). The Morgan fingerprint density at radius 3 is 2.91 bits per heavy atom. The van der Waals surface area contributed by atoms with Gasteiger partial charge >= 0.3 is 11.9 Å². The highest BCUT2D eigenvalue weighted by Gasteiger charge is 2.43. The quantitative estimate of drug-likeness (QED) is 0.661. The van der Waals surface area contributed by atoms with E-state index in [1.807, 2.05) is 12.2 Å². The summed E-state index contributed by atoms with van der Waals surface area (Å²) < 4.78 is 5.13. The number of aromatic carboxylic acids is 1. The molecule has 1 aromatic rings. The summed E-state index contributed by atoms with van der Waals surface area (Å²) in [6.07, 6.45) is 4.64. The molecule has 1 aliphatic carbocycles. The van der Waals surface area contributed by atoms with Crippen LogP contribution in [0.1, 0.15) is 35.2 Å². The highest BCUT2D eigenvalue weighted by atomic mass is 35.5. The lowest BCUT2D eigenvalue weighted by Gasteiger charge is -2.36. The van der Waals surface area contributed by atoms with E-state index in [4.69, 9.17) is 16.3 Å². The summed E-state index contributed by atoms with van der Waals surface area (Å²) in [5.74, 6) is -1.52. The fourth-order valence-corrected chi connectivity index (χ4v) is 3.55. The van der Waals surface area contributed by atoms with E-state index in [-0.39, 0.29) is 23.4 Å². The summed E-state index contributed by atoms with van der Waals surface area (Å²) in [5, 5.41) is 12.9. The monoisotopic (exact) mass is 321 g/mol. The number of anilines is 1. The fraction of sp³-hybridized carbons (Fsp3) is 0.375. The van der Waals surface area contributed by atoms with Crippen molar-refractivity contribution in [1.82, 2.24) is 0 Å². The third-order valence-electron chi connectivity index (χ3n) is 4.24. The highest BCUT2D eigenvalue weighted by Crippen LogP contribution is 2.48. The second-order valence-electron chi connectivity index (χ2n) is 5.42. The van der Waals surface area contributed by atoms with Gasteiger partial charge in [0.2, 0.25) is 0 Å². The number of carbonyl (C=O) groups excluding carboxylic acids is 1. The van der Waals surface area contributed by atoms with Gasteiger partial charge in [0, 0.05) is 11.8 Å². The lowest BCUT2D eigenvalue weighted by Crippen LogP contribution is -2.43. The first-order chi connectivity index (χ1) is 10.5. The second kappa shape index (κ2) is 5.65. The fourth-order valence-electron chi connectivity index (χ4n) is 3.33. The summed E-state index contributed by atoms with van der Waals surface area (Å²) >= 11 is 6.22. The standard InChI is InChI=1S/C16H16ClNO4/c1-2-22-16(21)13-9-5-3-4-8(9)12-10(15(19)20)6-7-11(17)14(12)18-13/h3-4,6-9,13,18H,2,5H2,1H3,(H,19,20)/t8-,9-,13-/m0/s1. The predicted octanol–water partition coefficient (Wildman–Crippen LogP) is 3.06. The van der Waals surface area contributed by atoms with E-state index < -0.39 is 12.0 Å². The Morgan fingerprint density at radius 2 is 2.23 bits per heavy atom. The molecule has 1 heterocycles. The molecule has 0 saturated heterocycles. The van der Waals surface area contributed by atoms with Crippen molar-refractivity contribution in [3.63, 3.8) is 0 Å². The Hall–Kier alpha value is -2.01. The number of halogens is 1. The number of ether oxygens (including phenoxy) is 1. The number of allylic oxidation sites excluding steroid dienone is 2. The lowest BCUT2D eigenvalue weighted by atomic mass is 9.77. The van der Waals surface area contributed by atoms with Gasteiger partial charge in [0.1, 0.15) is 6.04 Å². The van der Waals surface area contributed by atoms with Crippen molar-refractivity contribution < 1.29 is 19.4 Å². The summed E-state index contributed by atoms with van der Waals surface area (Å²) in [7, 11) is 0. The second-order valence-corrected chi connectivity index (χ2v) is 5.82. The van der Waals surface area contributed by atoms with Gasteiger partial charge in [0.05, 0.1) is 22.9 Å². The molecule has 0 aromatic heterocycles. The molecular formula is C16H16ClNO4. The zero-order valence-corrected chi connectivity index (χ0v) is 12.8. The largest absolute Gasteiger partial charge is 0.478 e. The van der Waals surface area contributed by atoms with Crippen LogP contribution in [-0.4, -0.2) is 29.7 Å². The number of carboxylic acids is 1. The minimum Gasteiger partial charge on any atom is -0.478 e. The molecule has 116 valence electrons. The van der Waals surface area contributed by atoms with Gasteiger partial charge in [-0.05, 0) is 31.0 Å². The smallest absolute Gasteiger partial charge is 0.336 e. The highest BCUT2D eigenvalue weighted by molar-refractivity contribution is 6.33. The Bertz CT molecular complexity index is 670. The molecule has 0 bridgehead atoms. The Labute approximate surface area is 132 Å². The van der Waals surface area contributed by atoms with Gasteiger partial charge in [0.25, 0.3) is 0 Å². The van der Waals surface area contributed by atoms with Gasteiger partial charge < -0.3 is 15.2 Å². The van der Waals surface area contributed by atoms with Crippen LogP contribution < -0.4 is 5.32 Å². The van der Waals surface area contributed by atoms with Crippen LogP contribution in [0.3, 0.4) is 0 Å². The number of carbonyl (C=O) groups is 2. The normalized spacial score (nSPS) is 25.1. The summed E-state index contributed by atoms with van der Waals surface area (Å²) in [5.41, 5.74) is 1.39. The SMILES string of the molecule is CCOC(=O)[C@H]1Nc2c(Cl)ccc(C(=O)O)c2[C@H]2C=CC[C@H]12. The number of hydrogen-bond acceptors (Lipinski definition) is 4. The van der Waals surface area contributed by atoms with Crippen molar-refractivity contribution in [2.45, 2.75) is 25.3 Å². The van der Waals surface area contributed by atoms with Crippen molar-refractivity contribution >= 4 is 29.2 Å². The van der Waals surface area contributed by atoms with Gasteiger partial charge in [-0.15, -0.1) is 0 Å². The average molecular weight is 322 g/mol. The molecule has 1 aliphatic heterocycles. The van der Waals surface area contributed by atoms with Crippen molar-refractivity contribution in [3.8, 4) is 0 Å². The topological polar surface area (TPSA) is 75.6 Å². The van der Waals surface area contributed by atoms with Crippen molar-refractivity contribution in [3.05, 3.63) is 40.4 Å². The first-order valence-electron chi connectivity index (χ1n) is 7.20. The van der Waals surface area contributed by atoms with Crippen LogP contribution in [-0.2, 0) is 9.53 Å². The molecule has 2 aliphatic rings. The van der Waals surface area contributed by atoms with Crippen LogP contribution in [0.2, 0.25) is 5.02 Å². The minimum absolute atomic E-state index is 0.0527. The van der Waals surface area contributed by atoms with E-state index in [9.17, 15) is 14.7 Å². The van der Waals surface area contributed by atoms with E-state index in [0.29, 0.717) is 29.3 Å². The zero-order valence-electron chi connectivity index (χ0n) is 12.0. The first-order valence-corrected chi connectivity index (χ1v) is 7.58. The number of fused-ring (bicyclic) bond motifs is 3. The molecule has 0 unspecified atom stereocenters. The molecule has 0 spiro atoms. The van der Waals surface area contributed by atoms with Gasteiger partial charge in [-0.1, -0.05) is 23.8 Å². The molecule has 1 aromatic carbocycles. The first kappa shape index (κ1) is 14.9. The van der Waals surface area contributed by atoms with Crippen LogP contribution in [0.25, 0.3) is 0 Å².